The van der Waals surface area contributed by atoms with E-state index in [4.69, 9.17) is 9.72 Å². The third-order valence-corrected chi connectivity index (χ3v) is 7.52. The summed E-state index contributed by atoms with van der Waals surface area (Å²) in [6.07, 6.45) is 3.47. The van der Waals surface area contributed by atoms with Gasteiger partial charge in [0.2, 0.25) is 11.8 Å². The molecule has 1 aliphatic rings. The molecule has 0 saturated carbocycles. The molecule has 7 nitrogen and oxygen atoms in total. The molecule has 7 heteroatoms. The Hall–Kier alpha value is -3.87. The smallest absolute Gasteiger partial charge is 0.220 e. The highest BCUT2D eigenvalue weighted by Gasteiger charge is 2.38. The number of nitrogens with one attached hydrogen (secondary N) is 3. The molecule has 3 N–H and O–H groups in total. The van der Waals surface area contributed by atoms with Crippen LogP contribution in [-0.4, -0.2) is 34.4 Å². The monoisotopic (exact) mass is 498 g/mol. The van der Waals surface area contributed by atoms with Gasteiger partial charge in [-0.25, -0.2) is 4.98 Å². The quantitative estimate of drug-likeness (QED) is 0.293. The van der Waals surface area contributed by atoms with Gasteiger partial charge in [0.05, 0.1) is 24.2 Å². The number of aromatic nitrogens is 2. The standard InChI is InChI=1S/C30H34N4O3/c1-4-23(29-32-24-11-9-19(2)17-25(24)33-29)31-27(35)13-15-30(16-14-28(36)34-30)18-20-10-12-26(37-3)22-8-6-5-7-21(20)22/h5-12,17,23H,4,13-16,18H2,1-3H3,(H,31,35)(H,32,33)(H,34,36)/t23-,30+/m0/s1. The molecule has 0 radical (unpaired) electrons. The number of methoxy groups -OCH3 is 1. The zero-order valence-corrected chi connectivity index (χ0v) is 21.7. The molecule has 3 aromatic carbocycles. The summed E-state index contributed by atoms with van der Waals surface area (Å²) >= 11 is 0. The van der Waals surface area contributed by atoms with Crippen LogP contribution in [0, 0.1) is 6.92 Å². The van der Waals surface area contributed by atoms with Crippen molar-refractivity contribution in [3.63, 3.8) is 0 Å². The lowest BCUT2D eigenvalue weighted by Gasteiger charge is -2.30. The highest BCUT2D eigenvalue weighted by Crippen LogP contribution is 2.35. The largest absolute Gasteiger partial charge is 0.496 e. The van der Waals surface area contributed by atoms with Crippen molar-refractivity contribution in [3.8, 4) is 5.75 Å². The number of aromatic amines is 1. The number of hydrogen-bond donors (Lipinski definition) is 3. The van der Waals surface area contributed by atoms with Gasteiger partial charge in [-0.1, -0.05) is 43.3 Å². The van der Waals surface area contributed by atoms with E-state index in [2.05, 4.69) is 39.9 Å². The summed E-state index contributed by atoms with van der Waals surface area (Å²) in [6, 6.07) is 18.1. The summed E-state index contributed by atoms with van der Waals surface area (Å²) < 4.78 is 5.55. The number of fused-ring (bicyclic) bond motifs is 2. The predicted octanol–water partition coefficient (Wildman–Crippen LogP) is 5.27. The van der Waals surface area contributed by atoms with Gasteiger partial charge in [-0.15, -0.1) is 0 Å². The van der Waals surface area contributed by atoms with Gasteiger partial charge in [0.1, 0.15) is 11.6 Å². The van der Waals surface area contributed by atoms with E-state index in [0.29, 0.717) is 32.1 Å². The van der Waals surface area contributed by atoms with Crippen molar-refractivity contribution in [2.45, 2.75) is 64.0 Å². The van der Waals surface area contributed by atoms with Gasteiger partial charge in [0.15, 0.2) is 0 Å². The van der Waals surface area contributed by atoms with E-state index < -0.39 is 5.54 Å². The Kier molecular flexibility index (Phi) is 6.87. The fourth-order valence-electron chi connectivity index (χ4n) is 5.50. The summed E-state index contributed by atoms with van der Waals surface area (Å²) in [5.74, 6) is 1.60. The van der Waals surface area contributed by atoms with E-state index >= 15 is 0 Å². The molecule has 1 aromatic heterocycles. The van der Waals surface area contributed by atoms with Crippen LogP contribution >= 0.6 is 0 Å². The van der Waals surface area contributed by atoms with E-state index in [1.54, 1.807) is 7.11 Å². The first-order valence-corrected chi connectivity index (χ1v) is 13.0. The van der Waals surface area contributed by atoms with E-state index in [9.17, 15) is 9.59 Å². The van der Waals surface area contributed by atoms with Crippen molar-refractivity contribution >= 4 is 33.6 Å². The average Bonchev–Trinajstić information content (AvgIpc) is 3.49. The molecule has 4 aromatic rings. The lowest BCUT2D eigenvalue weighted by Crippen LogP contribution is -2.44. The zero-order valence-electron chi connectivity index (χ0n) is 21.7. The first kappa shape index (κ1) is 24.8. The molecule has 2 heterocycles. The Morgan fingerprint density at radius 3 is 2.70 bits per heavy atom. The van der Waals surface area contributed by atoms with Gasteiger partial charge in [-0.05, 0) is 67.3 Å². The molecular formula is C30H34N4O3. The number of carbonyl (C=O) groups excluding carboxylic acids is 2. The van der Waals surface area contributed by atoms with Crippen LogP contribution in [0.15, 0.2) is 54.6 Å². The van der Waals surface area contributed by atoms with E-state index in [0.717, 1.165) is 50.9 Å². The maximum Gasteiger partial charge on any atom is 0.220 e. The van der Waals surface area contributed by atoms with Crippen molar-refractivity contribution in [1.29, 1.82) is 0 Å². The molecule has 192 valence electrons. The molecule has 0 bridgehead atoms. The zero-order chi connectivity index (χ0) is 26.0. The Morgan fingerprint density at radius 1 is 1.16 bits per heavy atom. The number of carbonyl (C=O) groups is 2. The minimum absolute atomic E-state index is 0.0383. The first-order valence-electron chi connectivity index (χ1n) is 13.0. The number of H-pyrrole nitrogens is 1. The highest BCUT2D eigenvalue weighted by molar-refractivity contribution is 5.91. The van der Waals surface area contributed by atoms with Crippen LogP contribution in [0.1, 0.15) is 62.0 Å². The molecule has 37 heavy (non-hydrogen) atoms. The lowest BCUT2D eigenvalue weighted by atomic mass is 9.83. The third-order valence-electron chi connectivity index (χ3n) is 7.52. The average molecular weight is 499 g/mol. The fraction of sp³-hybridized carbons (Fsp3) is 0.367. The second-order valence-corrected chi connectivity index (χ2v) is 10.1. The van der Waals surface area contributed by atoms with E-state index in [1.807, 2.05) is 44.2 Å². The summed E-state index contributed by atoms with van der Waals surface area (Å²) in [5, 5.41) is 8.53. The number of rotatable bonds is 9. The molecule has 1 saturated heterocycles. The number of benzene rings is 3. The maximum absolute atomic E-state index is 13.1. The molecule has 1 fully saturated rings. The van der Waals surface area contributed by atoms with Crippen molar-refractivity contribution < 1.29 is 14.3 Å². The van der Waals surface area contributed by atoms with Gasteiger partial charge in [0.25, 0.3) is 0 Å². The molecule has 2 amide bonds. The molecule has 5 rings (SSSR count). The number of aryl methyl sites for hydroxylation is 1. The minimum atomic E-state index is -0.454. The molecule has 0 spiro atoms. The second-order valence-electron chi connectivity index (χ2n) is 10.1. The van der Waals surface area contributed by atoms with Crippen molar-refractivity contribution in [1.82, 2.24) is 20.6 Å². The number of hydrogen-bond acceptors (Lipinski definition) is 4. The predicted molar refractivity (Wildman–Crippen MR) is 146 cm³/mol. The number of ether oxygens (including phenoxy) is 1. The summed E-state index contributed by atoms with van der Waals surface area (Å²) in [5.41, 5.74) is 3.72. The van der Waals surface area contributed by atoms with Gasteiger partial charge < -0.3 is 20.4 Å². The lowest BCUT2D eigenvalue weighted by molar-refractivity contribution is -0.123. The van der Waals surface area contributed by atoms with Crippen LogP contribution in [0.5, 0.6) is 5.75 Å². The minimum Gasteiger partial charge on any atom is -0.496 e. The van der Waals surface area contributed by atoms with Crippen LogP contribution < -0.4 is 15.4 Å². The normalized spacial score (nSPS) is 18.2. The van der Waals surface area contributed by atoms with Crippen molar-refractivity contribution in [2.75, 3.05) is 7.11 Å². The van der Waals surface area contributed by atoms with Crippen LogP contribution in [0.2, 0.25) is 0 Å². The van der Waals surface area contributed by atoms with Gasteiger partial charge >= 0.3 is 0 Å². The Labute approximate surface area is 217 Å². The van der Waals surface area contributed by atoms with E-state index in [1.165, 1.54) is 0 Å². The van der Waals surface area contributed by atoms with Gasteiger partial charge in [-0.3, -0.25) is 9.59 Å². The molecule has 0 unspecified atom stereocenters. The van der Waals surface area contributed by atoms with Crippen LogP contribution in [0.4, 0.5) is 0 Å². The summed E-state index contributed by atoms with van der Waals surface area (Å²) in [4.78, 5) is 33.5. The molecule has 1 aliphatic heterocycles. The first-order chi connectivity index (χ1) is 17.9. The summed E-state index contributed by atoms with van der Waals surface area (Å²) in [6.45, 7) is 4.09. The number of nitrogens with zero attached hydrogens (tertiary/aromatic N) is 1. The van der Waals surface area contributed by atoms with Gasteiger partial charge in [-0.2, -0.15) is 0 Å². The Bertz CT molecular complexity index is 1460. The van der Waals surface area contributed by atoms with Crippen LogP contribution in [-0.2, 0) is 16.0 Å². The topological polar surface area (TPSA) is 96.1 Å². The van der Waals surface area contributed by atoms with Crippen molar-refractivity contribution in [2.24, 2.45) is 0 Å². The van der Waals surface area contributed by atoms with E-state index in [-0.39, 0.29) is 17.9 Å². The molecule has 0 aliphatic carbocycles. The van der Waals surface area contributed by atoms with Gasteiger partial charge in [0, 0.05) is 23.8 Å². The summed E-state index contributed by atoms with van der Waals surface area (Å²) in [7, 11) is 1.68. The Balaban J connectivity index is 1.31. The molecule has 2 atom stereocenters. The maximum atomic E-state index is 13.1. The fourth-order valence-corrected chi connectivity index (χ4v) is 5.50. The number of amides is 2. The second kappa shape index (κ2) is 10.2. The SMILES string of the molecule is CC[C@H](NC(=O)CC[C@]1(Cc2ccc(OC)c3ccccc23)CCC(=O)N1)c1nc2ccc(C)cc2[nH]1. The third kappa shape index (κ3) is 5.17. The van der Waals surface area contributed by atoms with Crippen molar-refractivity contribution in [3.05, 3.63) is 71.5 Å². The highest BCUT2D eigenvalue weighted by atomic mass is 16.5. The number of imidazole rings is 1. The van der Waals surface area contributed by atoms with Crippen LogP contribution in [0.3, 0.4) is 0 Å². The Morgan fingerprint density at radius 2 is 1.97 bits per heavy atom. The van der Waals surface area contributed by atoms with Crippen LogP contribution in [0.25, 0.3) is 21.8 Å². The molecular weight excluding hydrogens is 464 g/mol.